The molecule has 3 aromatic rings. The van der Waals surface area contributed by atoms with Crippen molar-refractivity contribution >= 4 is 38.9 Å². The molecule has 0 saturated heterocycles. The van der Waals surface area contributed by atoms with Gasteiger partial charge in [-0.2, -0.15) is 0 Å². The van der Waals surface area contributed by atoms with Crippen LogP contribution in [0, 0.1) is 6.92 Å². The quantitative estimate of drug-likeness (QED) is 0.412. The SMILES string of the molecule is CCc1cccc(CC)c1NC(=O)COc1ccc(S(=O)(=O)Nc2ccc(Cl)cc2)cc1C. The largest absolute Gasteiger partial charge is 0.483 e. The Labute approximate surface area is 200 Å². The van der Waals surface area contributed by atoms with Crippen molar-refractivity contribution < 1.29 is 17.9 Å². The molecule has 6 nitrogen and oxygen atoms in total. The topological polar surface area (TPSA) is 84.5 Å². The lowest BCUT2D eigenvalue weighted by molar-refractivity contribution is -0.118. The molecule has 0 fully saturated rings. The second-order valence-electron chi connectivity index (χ2n) is 7.53. The number of ether oxygens (including phenoxy) is 1. The molecular formula is C25H27ClN2O4S. The van der Waals surface area contributed by atoms with E-state index in [1.54, 1.807) is 37.3 Å². The Morgan fingerprint density at radius 2 is 1.61 bits per heavy atom. The molecule has 3 rings (SSSR count). The number of rotatable bonds is 9. The van der Waals surface area contributed by atoms with Gasteiger partial charge in [0.05, 0.1) is 4.90 Å². The highest BCUT2D eigenvalue weighted by Gasteiger charge is 2.17. The van der Waals surface area contributed by atoms with Crippen molar-refractivity contribution in [1.29, 1.82) is 0 Å². The van der Waals surface area contributed by atoms with Gasteiger partial charge in [-0.05, 0) is 78.9 Å². The monoisotopic (exact) mass is 486 g/mol. The van der Waals surface area contributed by atoms with Crippen molar-refractivity contribution in [3.05, 3.63) is 82.4 Å². The van der Waals surface area contributed by atoms with Crippen molar-refractivity contribution in [2.45, 2.75) is 38.5 Å². The lowest BCUT2D eigenvalue weighted by Gasteiger charge is -2.15. The summed E-state index contributed by atoms with van der Waals surface area (Å²) in [5, 5.41) is 3.48. The number of para-hydroxylation sites is 1. The molecule has 0 aromatic heterocycles. The summed E-state index contributed by atoms with van der Waals surface area (Å²) in [7, 11) is -3.78. The predicted molar refractivity (Wildman–Crippen MR) is 133 cm³/mol. The summed E-state index contributed by atoms with van der Waals surface area (Å²) in [5.41, 5.74) is 3.99. The minimum absolute atomic E-state index is 0.0937. The third-order valence-electron chi connectivity index (χ3n) is 5.18. The molecule has 0 radical (unpaired) electrons. The highest BCUT2D eigenvalue weighted by Crippen LogP contribution is 2.25. The van der Waals surface area contributed by atoms with Crippen LogP contribution in [0.25, 0.3) is 0 Å². The third-order valence-corrected chi connectivity index (χ3v) is 6.81. The van der Waals surface area contributed by atoms with E-state index in [1.807, 2.05) is 32.0 Å². The van der Waals surface area contributed by atoms with Crippen LogP contribution in [0.4, 0.5) is 11.4 Å². The number of amides is 1. The molecule has 0 aliphatic heterocycles. The summed E-state index contributed by atoms with van der Waals surface area (Å²) < 4.78 is 33.6. The Balaban J connectivity index is 1.67. The number of anilines is 2. The molecule has 0 spiro atoms. The number of aryl methyl sites for hydroxylation is 3. The van der Waals surface area contributed by atoms with E-state index in [0.29, 0.717) is 22.0 Å². The highest BCUT2D eigenvalue weighted by atomic mass is 35.5. The van der Waals surface area contributed by atoms with Gasteiger partial charge in [-0.3, -0.25) is 9.52 Å². The minimum Gasteiger partial charge on any atom is -0.483 e. The molecule has 0 atom stereocenters. The number of nitrogens with one attached hydrogen (secondary N) is 2. The van der Waals surface area contributed by atoms with Crippen LogP contribution >= 0.6 is 11.6 Å². The smallest absolute Gasteiger partial charge is 0.262 e. The predicted octanol–water partition coefficient (Wildman–Crippen LogP) is 5.59. The number of hydrogen-bond acceptors (Lipinski definition) is 4. The number of carbonyl (C=O) groups excluding carboxylic acids is 1. The second kappa shape index (κ2) is 10.7. The fraction of sp³-hybridized carbons (Fsp3) is 0.240. The summed E-state index contributed by atoms with van der Waals surface area (Å²) in [5.74, 6) is 0.168. The Morgan fingerprint density at radius 1 is 0.970 bits per heavy atom. The normalized spacial score (nSPS) is 11.2. The van der Waals surface area contributed by atoms with E-state index in [0.717, 1.165) is 29.7 Å². The van der Waals surface area contributed by atoms with Gasteiger partial charge in [-0.15, -0.1) is 0 Å². The number of halogens is 1. The zero-order valence-corrected chi connectivity index (χ0v) is 20.4. The number of sulfonamides is 1. The van der Waals surface area contributed by atoms with Crippen LogP contribution < -0.4 is 14.8 Å². The summed E-state index contributed by atoms with van der Waals surface area (Å²) in [4.78, 5) is 12.6. The van der Waals surface area contributed by atoms with Crippen LogP contribution in [0.3, 0.4) is 0 Å². The molecular weight excluding hydrogens is 460 g/mol. The van der Waals surface area contributed by atoms with E-state index in [4.69, 9.17) is 16.3 Å². The molecule has 0 aliphatic rings. The molecule has 0 saturated carbocycles. The van der Waals surface area contributed by atoms with Crippen molar-refractivity contribution in [3.8, 4) is 5.75 Å². The lowest BCUT2D eigenvalue weighted by Crippen LogP contribution is -2.22. The molecule has 33 heavy (non-hydrogen) atoms. The van der Waals surface area contributed by atoms with E-state index >= 15 is 0 Å². The van der Waals surface area contributed by atoms with Crippen LogP contribution in [-0.4, -0.2) is 20.9 Å². The van der Waals surface area contributed by atoms with E-state index in [2.05, 4.69) is 10.0 Å². The highest BCUT2D eigenvalue weighted by molar-refractivity contribution is 7.92. The standard InChI is InChI=1S/C25H27ClN2O4S/c1-4-18-7-6-8-19(5-2)25(18)27-24(29)16-32-23-14-13-22(15-17(23)3)33(30,31)28-21-11-9-20(26)10-12-21/h6-15,28H,4-5,16H2,1-3H3,(H,27,29). The van der Waals surface area contributed by atoms with E-state index in [1.165, 1.54) is 12.1 Å². The first kappa shape index (κ1) is 24.6. The van der Waals surface area contributed by atoms with E-state index in [9.17, 15) is 13.2 Å². The van der Waals surface area contributed by atoms with E-state index in [-0.39, 0.29) is 17.4 Å². The average Bonchev–Trinajstić information content (AvgIpc) is 2.79. The Kier molecular flexibility index (Phi) is 8.00. The van der Waals surface area contributed by atoms with E-state index < -0.39 is 10.0 Å². The first-order valence-corrected chi connectivity index (χ1v) is 12.5. The van der Waals surface area contributed by atoms with Crippen LogP contribution in [-0.2, 0) is 27.7 Å². The van der Waals surface area contributed by atoms with Crippen molar-refractivity contribution in [2.24, 2.45) is 0 Å². The van der Waals surface area contributed by atoms with Crippen LogP contribution in [0.1, 0.15) is 30.5 Å². The van der Waals surface area contributed by atoms with Gasteiger partial charge in [-0.1, -0.05) is 43.6 Å². The van der Waals surface area contributed by atoms with Crippen molar-refractivity contribution in [2.75, 3.05) is 16.6 Å². The maximum atomic E-state index is 12.7. The minimum atomic E-state index is -3.78. The van der Waals surface area contributed by atoms with Gasteiger partial charge in [-0.25, -0.2) is 8.42 Å². The van der Waals surface area contributed by atoms with Crippen molar-refractivity contribution in [3.63, 3.8) is 0 Å². The Bertz CT molecular complexity index is 1220. The van der Waals surface area contributed by atoms with Crippen molar-refractivity contribution in [1.82, 2.24) is 0 Å². The molecule has 0 unspecified atom stereocenters. The lowest BCUT2D eigenvalue weighted by atomic mass is 10.0. The molecule has 2 N–H and O–H groups in total. The molecule has 3 aromatic carbocycles. The maximum Gasteiger partial charge on any atom is 0.262 e. The van der Waals surface area contributed by atoms with Gasteiger partial charge in [0, 0.05) is 16.4 Å². The van der Waals surface area contributed by atoms with Crippen LogP contribution in [0.2, 0.25) is 5.02 Å². The fourth-order valence-electron chi connectivity index (χ4n) is 3.40. The zero-order chi connectivity index (χ0) is 24.0. The average molecular weight is 487 g/mol. The fourth-order valence-corrected chi connectivity index (χ4v) is 4.67. The van der Waals surface area contributed by atoms with Gasteiger partial charge >= 0.3 is 0 Å². The molecule has 0 aliphatic carbocycles. The number of benzene rings is 3. The molecule has 174 valence electrons. The first-order chi connectivity index (χ1) is 15.7. The van der Waals surface area contributed by atoms with Gasteiger partial charge in [0.2, 0.25) is 0 Å². The van der Waals surface area contributed by atoms with Gasteiger partial charge in [0.1, 0.15) is 5.75 Å². The third kappa shape index (κ3) is 6.27. The first-order valence-electron chi connectivity index (χ1n) is 10.7. The molecule has 8 heteroatoms. The summed E-state index contributed by atoms with van der Waals surface area (Å²) in [6.45, 7) is 5.64. The van der Waals surface area contributed by atoms with Gasteiger partial charge < -0.3 is 10.1 Å². The maximum absolute atomic E-state index is 12.7. The van der Waals surface area contributed by atoms with Gasteiger partial charge in [0.15, 0.2) is 6.61 Å². The second-order valence-corrected chi connectivity index (χ2v) is 9.65. The summed E-state index contributed by atoms with van der Waals surface area (Å²) >= 11 is 5.85. The Hall–Kier alpha value is -3.03. The molecule has 0 bridgehead atoms. The number of carbonyl (C=O) groups is 1. The Morgan fingerprint density at radius 3 is 2.18 bits per heavy atom. The molecule has 1 amide bonds. The summed E-state index contributed by atoms with van der Waals surface area (Å²) in [6.07, 6.45) is 1.62. The zero-order valence-electron chi connectivity index (χ0n) is 18.8. The van der Waals surface area contributed by atoms with Crippen LogP contribution in [0.15, 0.2) is 65.6 Å². The van der Waals surface area contributed by atoms with Crippen LogP contribution in [0.5, 0.6) is 5.75 Å². The molecule has 0 heterocycles. The summed E-state index contributed by atoms with van der Waals surface area (Å²) in [6, 6.07) is 16.9. The van der Waals surface area contributed by atoms with Gasteiger partial charge in [0.25, 0.3) is 15.9 Å². The number of hydrogen-bond donors (Lipinski definition) is 2.